The van der Waals surface area contributed by atoms with Gasteiger partial charge in [0.1, 0.15) is 11.9 Å². The van der Waals surface area contributed by atoms with Crippen molar-refractivity contribution in [3.8, 4) is 0 Å². The van der Waals surface area contributed by atoms with Gasteiger partial charge in [-0.15, -0.1) is 0 Å². The van der Waals surface area contributed by atoms with Gasteiger partial charge in [-0.25, -0.2) is 0 Å². The highest BCUT2D eigenvalue weighted by Crippen LogP contribution is 2.20. The van der Waals surface area contributed by atoms with Crippen LogP contribution in [0.4, 0.5) is 0 Å². The molecule has 0 saturated carbocycles. The lowest BCUT2D eigenvalue weighted by molar-refractivity contribution is -0.145. The molecule has 8 nitrogen and oxygen atoms in total. The number of carbonyl (C=O) groups excluding carboxylic acids is 3. The highest BCUT2D eigenvalue weighted by molar-refractivity contribution is 6.32. The highest BCUT2D eigenvalue weighted by atomic mass is 35.5. The molecule has 0 radical (unpaired) electrons. The number of halogens is 2. The molecule has 2 unspecified atom stereocenters. The third-order valence-corrected chi connectivity index (χ3v) is 6.19. The molecule has 0 aromatic rings. The molecule has 1 aliphatic heterocycles. The van der Waals surface area contributed by atoms with Gasteiger partial charge in [-0.05, 0) is 52.3 Å². The van der Waals surface area contributed by atoms with E-state index in [-0.39, 0.29) is 60.9 Å². The second kappa shape index (κ2) is 14.8. The van der Waals surface area contributed by atoms with E-state index in [0.717, 1.165) is 5.70 Å². The van der Waals surface area contributed by atoms with Crippen molar-refractivity contribution in [2.45, 2.75) is 72.0 Å². The van der Waals surface area contributed by atoms with Crippen LogP contribution in [0.2, 0.25) is 0 Å². The Bertz CT molecular complexity index is 1050. The molecule has 0 aromatic carbocycles. The predicted octanol–water partition coefficient (Wildman–Crippen LogP) is 4.48. The topological polar surface area (TPSA) is 100 Å². The van der Waals surface area contributed by atoms with Crippen LogP contribution < -0.4 is 10.6 Å². The van der Waals surface area contributed by atoms with E-state index < -0.39 is 0 Å². The first-order valence-corrected chi connectivity index (χ1v) is 13.2. The fourth-order valence-electron chi connectivity index (χ4n) is 3.86. The molecule has 2 aliphatic rings. The van der Waals surface area contributed by atoms with Crippen LogP contribution in [0, 0.1) is 0 Å². The number of ether oxygens (including phenoxy) is 1. The predicted molar refractivity (Wildman–Crippen MR) is 148 cm³/mol. The van der Waals surface area contributed by atoms with E-state index in [1.165, 1.54) is 0 Å². The average molecular weight is 552 g/mol. The number of amidine groups is 1. The maximum atomic E-state index is 13.3. The van der Waals surface area contributed by atoms with Gasteiger partial charge in [0.25, 0.3) is 5.91 Å². The number of fused-ring (bicyclic) bond motifs is 1. The lowest BCUT2D eigenvalue weighted by Crippen LogP contribution is -2.42. The second-order valence-corrected chi connectivity index (χ2v) is 9.82. The first kappa shape index (κ1) is 30.4. The monoisotopic (exact) mass is 550 g/mol. The normalized spacial score (nSPS) is 18.9. The van der Waals surface area contributed by atoms with E-state index >= 15 is 0 Å². The van der Waals surface area contributed by atoms with Gasteiger partial charge in [0.2, 0.25) is 5.91 Å². The summed E-state index contributed by atoms with van der Waals surface area (Å²) >= 11 is 12.3. The SMILES string of the molecule is CCCN(C(=O)C(/C=C\CC(=O)N[C@@H](C)C1=NC2C=CC(Cl)=CC=C2N1)=C(/C)Cl)C(C)CC(=O)OCC. The second-order valence-electron chi connectivity index (χ2n) is 8.82. The summed E-state index contributed by atoms with van der Waals surface area (Å²) in [5.74, 6) is -0.229. The molecule has 1 aliphatic carbocycles. The quantitative estimate of drug-likeness (QED) is 0.212. The van der Waals surface area contributed by atoms with Crippen molar-refractivity contribution in [3.63, 3.8) is 0 Å². The zero-order valence-electron chi connectivity index (χ0n) is 22.0. The maximum absolute atomic E-state index is 13.3. The van der Waals surface area contributed by atoms with Crippen molar-refractivity contribution >= 4 is 46.8 Å². The Morgan fingerprint density at radius 3 is 2.65 bits per heavy atom. The summed E-state index contributed by atoms with van der Waals surface area (Å²) in [7, 11) is 0. The van der Waals surface area contributed by atoms with Crippen LogP contribution in [0.1, 0.15) is 53.9 Å². The number of aliphatic imine (C=N–C) groups is 1. The van der Waals surface area contributed by atoms with Gasteiger partial charge in [-0.3, -0.25) is 19.4 Å². The number of rotatable bonds is 12. The zero-order chi connectivity index (χ0) is 27.5. The highest BCUT2D eigenvalue weighted by Gasteiger charge is 2.26. The maximum Gasteiger partial charge on any atom is 0.307 e. The van der Waals surface area contributed by atoms with Crippen molar-refractivity contribution in [1.82, 2.24) is 15.5 Å². The molecule has 2 rings (SSSR count). The van der Waals surface area contributed by atoms with Crippen LogP contribution in [-0.4, -0.2) is 59.8 Å². The molecule has 0 spiro atoms. The summed E-state index contributed by atoms with van der Waals surface area (Å²) in [6.07, 6.45) is 11.4. The zero-order valence-corrected chi connectivity index (χ0v) is 23.5. The Morgan fingerprint density at radius 1 is 1.27 bits per heavy atom. The van der Waals surface area contributed by atoms with Crippen LogP contribution in [-0.2, 0) is 19.1 Å². The first-order valence-electron chi connectivity index (χ1n) is 12.5. The third-order valence-electron chi connectivity index (χ3n) is 5.73. The summed E-state index contributed by atoms with van der Waals surface area (Å²) < 4.78 is 5.03. The fraction of sp³-hybridized carbons (Fsp3) is 0.481. The smallest absolute Gasteiger partial charge is 0.307 e. The molecule has 202 valence electrons. The summed E-state index contributed by atoms with van der Waals surface area (Å²) in [6, 6.07) is -0.861. The van der Waals surface area contributed by atoms with E-state index in [4.69, 9.17) is 27.9 Å². The molecule has 0 saturated heterocycles. The van der Waals surface area contributed by atoms with E-state index in [1.807, 2.05) is 26.0 Å². The molecule has 0 bridgehead atoms. The lowest BCUT2D eigenvalue weighted by Gasteiger charge is -2.29. The summed E-state index contributed by atoms with van der Waals surface area (Å²) in [5, 5.41) is 7.07. The molecule has 2 N–H and O–H groups in total. The standard InChI is InChI=1S/C27H36Cl2N4O4/c1-6-15-33(17(3)16-25(35)37-7-2)27(36)21(18(4)28)9-8-10-24(34)30-19(5)26-31-22-13-11-20(29)12-14-23(22)32-26/h8-9,11-14,17,19,22H,6-7,10,15-16H2,1-5H3,(H,30,34)(H,31,32)/b9-8-,21-18-/t17?,19-,22?/m0/s1. The molecule has 2 amide bonds. The van der Waals surface area contributed by atoms with Crippen LogP contribution in [0.3, 0.4) is 0 Å². The Balaban J connectivity index is 1.99. The van der Waals surface area contributed by atoms with Gasteiger partial charge in [-0.1, -0.05) is 48.4 Å². The minimum absolute atomic E-state index is 0.0507. The van der Waals surface area contributed by atoms with Gasteiger partial charge in [-0.2, -0.15) is 0 Å². The van der Waals surface area contributed by atoms with E-state index in [2.05, 4.69) is 15.6 Å². The number of nitrogens with zero attached hydrogens (tertiary/aromatic N) is 2. The summed E-state index contributed by atoms with van der Waals surface area (Å²) in [6.45, 7) is 9.71. The molecule has 0 aromatic heterocycles. The molecular formula is C27H36Cl2N4O4. The number of nitrogens with one attached hydrogen (secondary N) is 2. The van der Waals surface area contributed by atoms with Gasteiger partial charge in [0.05, 0.1) is 24.6 Å². The van der Waals surface area contributed by atoms with Gasteiger partial charge in [0.15, 0.2) is 0 Å². The van der Waals surface area contributed by atoms with Crippen molar-refractivity contribution < 1.29 is 19.1 Å². The van der Waals surface area contributed by atoms with Crippen LogP contribution >= 0.6 is 23.2 Å². The summed E-state index contributed by atoms with van der Waals surface area (Å²) in [5.41, 5.74) is 1.17. The number of carbonyl (C=O) groups is 3. The minimum atomic E-state index is -0.362. The Kier molecular flexibility index (Phi) is 12.1. The summed E-state index contributed by atoms with van der Waals surface area (Å²) in [4.78, 5) is 44.0. The van der Waals surface area contributed by atoms with E-state index in [1.54, 1.807) is 50.0 Å². The van der Waals surface area contributed by atoms with Crippen molar-refractivity contribution in [1.29, 1.82) is 0 Å². The Labute approximate surface area is 229 Å². The minimum Gasteiger partial charge on any atom is -0.466 e. The molecule has 0 fully saturated rings. The average Bonchev–Trinajstić information content (AvgIpc) is 3.17. The van der Waals surface area contributed by atoms with Crippen molar-refractivity contribution in [3.05, 3.63) is 57.8 Å². The molecule has 3 atom stereocenters. The van der Waals surface area contributed by atoms with Crippen LogP contribution in [0.25, 0.3) is 0 Å². The number of allylic oxidation sites excluding steroid dienone is 5. The molecule has 1 heterocycles. The lowest BCUT2D eigenvalue weighted by atomic mass is 10.1. The largest absolute Gasteiger partial charge is 0.466 e. The van der Waals surface area contributed by atoms with E-state index in [9.17, 15) is 14.4 Å². The molecule has 10 heteroatoms. The third kappa shape index (κ3) is 9.20. The number of hydrogen-bond donors (Lipinski definition) is 2. The van der Waals surface area contributed by atoms with Gasteiger partial charge >= 0.3 is 5.97 Å². The van der Waals surface area contributed by atoms with Gasteiger partial charge < -0.3 is 20.3 Å². The number of amides is 2. The molecule has 37 heavy (non-hydrogen) atoms. The molecular weight excluding hydrogens is 515 g/mol. The number of hydrogen-bond acceptors (Lipinski definition) is 6. The van der Waals surface area contributed by atoms with Crippen molar-refractivity contribution in [2.75, 3.05) is 13.2 Å². The van der Waals surface area contributed by atoms with E-state index in [0.29, 0.717) is 28.9 Å². The van der Waals surface area contributed by atoms with Crippen LogP contribution in [0.15, 0.2) is 62.8 Å². The van der Waals surface area contributed by atoms with Gasteiger partial charge in [0, 0.05) is 34.8 Å². The first-order chi connectivity index (χ1) is 17.6. The Hall–Kier alpha value is -2.84. The fourth-order valence-corrected chi connectivity index (χ4v) is 4.14. The Morgan fingerprint density at radius 2 is 2.00 bits per heavy atom. The van der Waals surface area contributed by atoms with Crippen molar-refractivity contribution in [2.24, 2.45) is 4.99 Å². The number of esters is 1. The van der Waals surface area contributed by atoms with Crippen LogP contribution in [0.5, 0.6) is 0 Å².